The molecule has 0 bridgehead atoms. The maximum Gasteiger partial charge on any atom is 0.185 e. The number of hydrogen-bond acceptors (Lipinski definition) is 4. The Morgan fingerprint density at radius 2 is 1.73 bits per heavy atom. The van der Waals surface area contributed by atoms with Gasteiger partial charge in [0.25, 0.3) is 0 Å². The lowest BCUT2D eigenvalue weighted by atomic mass is 10.1. The predicted molar refractivity (Wildman–Crippen MR) is 83.9 cm³/mol. The zero-order valence-corrected chi connectivity index (χ0v) is 12.2. The molecule has 2 aromatic carbocycles. The minimum Gasteiger partial charge on any atom is -0.497 e. The molecule has 0 aliphatic heterocycles. The first kappa shape index (κ1) is 15.3. The molecule has 0 aliphatic rings. The molecule has 2 aromatic rings. The maximum absolute atomic E-state index is 12.0. The van der Waals surface area contributed by atoms with Gasteiger partial charge in [-0.25, -0.2) is 0 Å². The van der Waals surface area contributed by atoms with Crippen LogP contribution in [-0.4, -0.2) is 19.5 Å². The van der Waals surface area contributed by atoms with E-state index >= 15 is 0 Å². The van der Waals surface area contributed by atoms with Crippen molar-refractivity contribution in [2.75, 3.05) is 13.7 Å². The zero-order chi connectivity index (χ0) is 15.8. The Kier molecular flexibility index (Phi) is 5.33. The number of rotatable bonds is 6. The molecule has 2 rings (SSSR count). The summed E-state index contributed by atoms with van der Waals surface area (Å²) in [6, 6.07) is 16.0. The fourth-order valence-corrected chi connectivity index (χ4v) is 1.81. The van der Waals surface area contributed by atoms with E-state index in [9.17, 15) is 4.79 Å². The van der Waals surface area contributed by atoms with Crippen molar-refractivity contribution in [3.63, 3.8) is 0 Å². The van der Waals surface area contributed by atoms with Crippen LogP contribution in [0.1, 0.15) is 15.9 Å². The molecular formula is C18H15NO3. The third-order valence-corrected chi connectivity index (χ3v) is 2.99. The second-order valence-corrected chi connectivity index (χ2v) is 4.44. The van der Waals surface area contributed by atoms with Gasteiger partial charge in [-0.15, -0.1) is 0 Å². The number of carbonyl (C=O) groups is 1. The lowest BCUT2D eigenvalue weighted by Gasteiger charge is -2.01. The van der Waals surface area contributed by atoms with Crippen LogP contribution in [0.2, 0.25) is 0 Å². The van der Waals surface area contributed by atoms with Gasteiger partial charge in [0.15, 0.2) is 12.4 Å². The third kappa shape index (κ3) is 4.22. The van der Waals surface area contributed by atoms with Crippen LogP contribution in [-0.2, 0) is 0 Å². The minimum absolute atomic E-state index is 0.0190. The average molecular weight is 293 g/mol. The topological polar surface area (TPSA) is 59.3 Å². The number of hydrogen-bond donors (Lipinski definition) is 0. The van der Waals surface area contributed by atoms with E-state index in [0.717, 1.165) is 5.56 Å². The maximum atomic E-state index is 12.0. The fourth-order valence-electron chi connectivity index (χ4n) is 1.81. The van der Waals surface area contributed by atoms with Crippen LogP contribution in [0.25, 0.3) is 6.08 Å². The molecule has 0 N–H and O–H groups in total. The Hall–Kier alpha value is -3.06. The average Bonchev–Trinajstić information content (AvgIpc) is 2.58. The van der Waals surface area contributed by atoms with Gasteiger partial charge in [0.2, 0.25) is 0 Å². The van der Waals surface area contributed by atoms with Crippen molar-refractivity contribution >= 4 is 11.9 Å². The molecule has 0 aliphatic carbocycles. The second kappa shape index (κ2) is 7.65. The van der Waals surface area contributed by atoms with E-state index < -0.39 is 0 Å². The number of ketones is 1. The van der Waals surface area contributed by atoms with Gasteiger partial charge in [0, 0.05) is 5.56 Å². The van der Waals surface area contributed by atoms with E-state index in [0.29, 0.717) is 17.1 Å². The van der Waals surface area contributed by atoms with Crippen molar-refractivity contribution < 1.29 is 14.3 Å². The van der Waals surface area contributed by atoms with Crippen LogP contribution in [0, 0.1) is 11.3 Å². The molecule has 0 amide bonds. The number of carbonyl (C=O) groups excluding carboxylic acids is 1. The number of nitrogens with zero attached hydrogens (tertiary/aromatic N) is 1. The van der Waals surface area contributed by atoms with Crippen LogP contribution in [0.4, 0.5) is 0 Å². The summed E-state index contributed by atoms with van der Waals surface area (Å²) in [5, 5.41) is 8.44. The number of benzene rings is 2. The van der Waals surface area contributed by atoms with Gasteiger partial charge in [0.1, 0.15) is 17.6 Å². The molecule has 0 unspecified atom stereocenters. The van der Waals surface area contributed by atoms with E-state index in [1.807, 2.05) is 18.2 Å². The van der Waals surface area contributed by atoms with E-state index in [2.05, 4.69) is 0 Å². The van der Waals surface area contributed by atoms with Gasteiger partial charge >= 0.3 is 0 Å². The normalized spacial score (nSPS) is 10.2. The number of nitriles is 1. The van der Waals surface area contributed by atoms with E-state index in [-0.39, 0.29) is 12.4 Å². The molecule has 0 spiro atoms. The van der Waals surface area contributed by atoms with E-state index in [4.69, 9.17) is 14.7 Å². The molecule has 0 saturated heterocycles. The molecule has 4 heteroatoms. The standard InChI is InChI=1S/C18H15NO3/c1-21-16-9-5-15(6-10-16)18(20)11-4-14-2-7-17(8-3-14)22-13-12-19/h2-11H,13H2,1H3/b11-4+. The van der Waals surface area contributed by atoms with Gasteiger partial charge in [0.05, 0.1) is 7.11 Å². The summed E-state index contributed by atoms with van der Waals surface area (Å²) >= 11 is 0. The highest BCUT2D eigenvalue weighted by atomic mass is 16.5. The predicted octanol–water partition coefficient (Wildman–Crippen LogP) is 3.49. The summed E-state index contributed by atoms with van der Waals surface area (Å²) in [4.78, 5) is 12.0. The van der Waals surface area contributed by atoms with Gasteiger partial charge in [-0.3, -0.25) is 4.79 Å². The Morgan fingerprint density at radius 1 is 1.09 bits per heavy atom. The van der Waals surface area contributed by atoms with Crippen molar-refractivity contribution in [1.29, 1.82) is 5.26 Å². The second-order valence-electron chi connectivity index (χ2n) is 4.44. The molecule has 0 atom stereocenters. The molecular weight excluding hydrogens is 278 g/mol. The molecule has 0 saturated carbocycles. The quantitative estimate of drug-likeness (QED) is 0.604. The first-order valence-corrected chi connectivity index (χ1v) is 6.69. The molecule has 0 aromatic heterocycles. The highest BCUT2D eigenvalue weighted by Gasteiger charge is 2.01. The number of methoxy groups -OCH3 is 1. The molecule has 0 radical (unpaired) electrons. The van der Waals surface area contributed by atoms with Gasteiger partial charge in [-0.05, 0) is 48.0 Å². The van der Waals surface area contributed by atoms with Crippen molar-refractivity contribution in [3.05, 3.63) is 65.7 Å². The molecule has 0 fully saturated rings. The molecule has 4 nitrogen and oxygen atoms in total. The first-order valence-electron chi connectivity index (χ1n) is 6.69. The molecule has 110 valence electrons. The van der Waals surface area contributed by atoms with E-state index in [1.165, 1.54) is 6.08 Å². The highest BCUT2D eigenvalue weighted by Crippen LogP contribution is 2.15. The van der Waals surface area contributed by atoms with E-state index in [1.54, 1.807) is 49.6 Å². The van der Waals surface area contributed by atoms with Gasteiger partial charge < -0.3 is 9.47 Å². The fraction of sp³-hybridized carbons (Fsp3) is 0.111. The number of ether oxygens (including phenoxy) is 2. The smallest absolute Gasteiger partial charge is 0.185 e. The molecule has 0 heterocycles. The first-order chi connectivity index (χ1) is 10.7. The van der Waals surface area contributed by atoms with Crippen molar-refractivity contribution in [2.24, 2.45) is 0 Å². The lowest BCUT2D eigenvalue weighted by Crippen LogP contribution is -1.94. The Bertz CT molecular complexity index is 695. The minimum atomic E-state index is -0.0764. The highest BCUT2D eigenvalue weighted by molar-refractivity contribution is 6.06. The van der Waals surface area contributed by atoms with Crippen LogP contribution < -0.4 is 9.47 Å². The largest absolute Gasteiger partial charge is 0.497 e. The molecule has 22 heavy (non-hydrogen) atoms. The van der Waals surface area contributed by atoms with Crippen LogP contribution in [0.5, 0.6) is 11.5 Å². The Labute approximate surface area is 129 Å². The van der Waals surface area contributed by atoms with Crippen LogP contribution in [0.3, 0.4) is 0 Å². The zero-order valence-electron chi connectivity index (χ0n) is 12.2. The Morgan fingerprint density at radius 3 is 2.32 bits per heavy atom. The third-order valence-electron chi connectivity index (χ3n) is 2.99. The van der Waals surface area contributed by atoms with Gasteiger partial charge in [-0.1, -0.05) is 18.2 Å². The Balaban J connectivity index is 2.01. The summed E-state index contributed by atoms with van der Waals surface area (Å²) in [6.45, 7) is 0.0190. The number of allylic oxidation sites excluding steroid dienone is 1. The monoisotopic (exact) mass is 293 g/mol. The SMILES string of the molecule is COc1ccc(C(=O)/C=C/c2ccc(OCC#N)cc2)cc1. The summed E-state index contributed by atoms with van der Waals surface area (Å²) in [6.07, 6.45) is 3.26. The van der Waals surface area contributed by atoms with Crippen molar-refractivity contribution in [2.45, 2.75) is 0 Å². The van der Waals surface area contributed by atoms with Crippen molar-refractivity contribution in [1.82, 2.24) is 0 Å². The van der Waals surface area contributed by atoms with Crippen LogP contribution >= 0.6 is 0 Å². The summed E-state index contributed by atoms with van der Waals surface area (Å²) in [5.41, 5.74) is 1.48. The van der Waals surface area contributed by atoms with Crippen molar-refractivity contribution in [3.8, 4) is 17.6 Å². The van der Waals surface area contributed by atoms with Crippen LogP contribution in [0.15, 0.2) is 54.6 Å². The van der Waals surface area contributed by atoms with Gasteiger partial charge in [-0.2, -0.15) is 5.26 Å². The lowest BCUT2D eigenvalue weighted by molar-refractivity contribution is 0.104. The summed E-state index contributed by atoms with van der Waals surface area (Å²) in [7, 11) is 1.58. The summed E-state index contributed by atoms with van der Waals surface area (Å²) < 4.78 is 10.2. The summed E-state index contributed by atoms with van der Waals surface area (Å²) in [5.74, 6) is 1.26.